The fraction of sp³-hybridized carbons (Fsp3) is 0.944. The minimum absolute atomic E-state index is 0. The zero-order valence-electron chi connectivity index (χ0n) is 15.0. The van der Waals surface area contributed by atoms with Gasteiger partial charge in [-0.3, -0.25) is 4.79 Å². The first-order valence-electron chi connectivity index (χ1n) is 8.99. The summed E-state index contributed by atoms with van der Waals surface area (Å²) in [5.41, 5.74) is 6.54. The normalized spacial score (nSPS) is 27.8. The molecule has 2 rings (SSSR count). The summed E-state index contributed by atoms with van der Waals surface area (Å²) in [5.74, 6) is 1.77. The third-order valence-electron chi connectivity index (χ3n) is 5.71. The number of hydrogen-bond acceptors (Lipinski definition) is 3. The number of halogens is 1. The summed E-state index contributed by atoms with van der Waals surface area (Å²) >= 11 is 0. The number of nitrogens with two attached hydrogens (primary N) is 1. The summed E-state index contributed by atoms with van der Waals surface area (Å²) in [6.07, 6.45) is 6.85. The van der Waals surface area contributed by atoms with Crippen molar-refractivity contribution in [2.45, 2.75) is 65.3 Å². The highest BCUT2D eigenvalue weighted by atomic mass is 35.5. The van der Waals surface area contributed by atoms with Crippen LogP contribution in [0.4, 0.5) is 0 Å². The summed E-state index contributed by atoms with van der Waals surface area (Å²) in [6.45, 7) is 9.30. The molecule has 23 heavy (non-hydrogen) atoms. The van der Waals surface area contributed by atoms with Crippen molar-refractivity contribution in [2.75, 3.05) is 19.8 Å². The topological polar surface area (TPSA) is 64.4 Å². The van der Waals surface area contributed by atoms with Gasteiger partial charge in [0, 0.05) is 19.8 Å². The second-order valence-electron chi connectivity index (χ2n) is 8.30. The van der Waals surface area contributed by atoms with Crippen molar-refractivity contribution >= 4 is 18.3 Å². The van der Waals surface area contributed by atoms with Gasteiger partial charge in [-0.05, 0) is 61.7 Å². The summed E-state index contributed by atoms with van der Waals surface area (Å²) in [5, 5.41) is 3.10. The van der Waals surface area contributed by atoms with E-state index in [2.05, 4.69) is 26.1 Å². The molecular formula is C18H35ClN2O2. The van der Waals surface area contributed by atoms with Crippen molar-refractivity contribution in [3.8, 4) is 0 Å². The third kappa shape index (κ3) is 6.24. The molecule has 1 amide bonds. The lowest BCUT2D eigenvalue weighted by Crippen LogP contribution is -2.48. The SMILES string of the molecule is CC(C)(C)C1CCC(CNC(=O)C(N)C2CCOCC2)CC1.Cl. The Morgan fingerprint density at radius 2 is 1.70 bits per heavy atom. The van der Waals surface area contributed by atoms with Gasteiger partial charge in [0.15, 0.2) is 0 Å². The molecule has 1 saturated carbocycles. The van der Waals surface area contributed by atoms with Gasteiger partial charge >= 0.3 is 0 Å². The first kappa shape index (κ1) is 20.7. The Morgan fingerprint density at radius 3 is 2.22 bits per heavy atom. The first-order chi connectivity index (χ1) is 10.4. The van der Waals surface area contributed by atoms with Crippen LogP contribution in [-0.4, -0.2) is 31.7 Å². The number of hydrogen-bond donors (Lipinski definition) is 2. The lowest BCUT2D eigenvalue weighted by atomic mass is 9.70. The van der Waals surface area contributed by atoms with Gasteiger partial charge in [-0.2, -0.15) is 0 Å². The largest absolute Gasteiger partial charge is 0.381 e. The van der Waals surface area contributed by atoms with Crippen LogP contribution in [0, 0.1) is 23.2 Å². The molecule has 1 atom stereocenters. The van der Waals surface area contributed by atoms with E-state index in [0.717, 1.165) is 38.5 Å². The van der Waals surface area contributed by atoms with Crippen LogP contribution in [0.1, 0.15) is 59.3 Å². The van der Waals surface area contributed by atoms with Crippen molar-refractivity contribution < 1.29 is 9.53 Å². The van der Waals surface area contributed by atoms with E-state index in [1.54, 1.807) is 0 Å². The second kappa shape index (κ2) is 9.24. The maximum Gasteiger partial charge on any atom is 0.237 e. The molecule has 136 valence electrons. The predicted molar refractivity (Wildman–Crippen MR) is 96.7 cm³/mol. The molecule has 0 radical (unpaired) electrons. The van der Waals surface area contributed by atoms with Crippen LogP contribution >= 0.6 is 12.4 Å². The van der Waals surface area contributed by atoms with Crippen LogP contribution in [-0.2, 0) is 9.53 Å². The van der Waals surface area contributed by atoms with E-state index in [9.17, 15) is 4.79 Å². The maximum atomic E-state index is 12.2. The van der Waals surface area contributed by atoms with Gasteiger partial charge in [0.05, 0.1) is 6.04 Å². The minimum Gasteiger partial charge on any atom is -0.381 e. The van der Waals surface area contributed by atoms with Crippen molar-refractivity contribution in [2.24, 2.45) is 28.9 Å². The van der Waals surface area contributed by atoms with Crippen LogP contribution in [0.25, 0.3) is 0 Å². The highest BCUT2D eigenvalue weighted by Crippen LogP contribution is 2.39. The number of carbonyl (C=O) groups is 1. The fourth-order valence-corrected chi connectivity index (χ4v) is 3.88. The molecule has 0 spiro atoms. The Bertz CT molecular complexity index is 357. The molecule has 1 aliphatic heterocycles. The quantitative estimate of drug-likeness (QED) is 0.822. The number of nitrogens with one attached hydrogen (secondary N) is 1. The van der Waals surface area contributed by atoms with Crippen LogP contribution in [0.2, 0.25) is 0 Å². The molecule has 2 aliphatic rings. The lowest BCUT2D eigenvalue weighted by molar-refractivity contribution is -0.124. The van der Waals surface area contributed by atoms with Gasteiger partial charge in [-0.15, -0.1) is 12.4 Å². The van der Waals surface area contributed by atoms with E-state index >= 15 is 0 Å². The summed E-state index contributed by atoms with van der Waals surface area (Å²) in [7, 11) is 0. The molecular weight excluding hydrogens is 312 g/mol. The standard InChI is InChI=1S/C18H34N2O2.ClH/c1-18(2,3)15-6-4-13(5-7-15)12-20-17(21)16(19)14-8-10-22-11-9-14;/h13-16H,4-12,19H2,1-3H3,(H,20,21);1H. The molecule has 1 heterocycles. The van der Waals surface area contributed by atoms with E-state index < -0.39 is 0 Å². The van der Waals surface area contributed by atoms with Crippen LogP contribution in [0.15, 0.2) is 0 Å². The second-order valence-corrected chi connectivity index (χ2v) is 8.30. The number of amides is 1. The van der Waals surface area contributed by atoms with Crippen molar-refractivity contribution in [3.63, 3.8) is 0 Å². The molecule has 0 aromatic heterocycles. The van der Waals surface area contributed by atoms with E-state index in [-0.39, 0.29) is 30.3 Å². The molecule has 3 N–H and O–H groups in total. The van der Waals surface area contributed by atoms with E-state index in [0.29, 0.717) is 11.3 Å². The van der Waals surface area contributed by atoms with Crippen molar-refractivity contribution in [1.29, 1.82) is 0 Å². The average molecular weight is 347 g/mol. The van der Waals surface area contributed by atoms with E-state index in [1.807, 2.05) is 0 Å². The molecule has 1 aliphatic carbocycles. The van der Waals surface area contributed by atoms with Gasteiger partial charge in [-0.1, -0.05) is 20.8 Å². The Kier molecular flexibility index (Phi) is 8.32. The van der Waals surface area contributed by atoms with Gasteiger partial charge in [-0.25, -0.2) is 0 Å². The summed E-state index contributed by atoms with van der Waals surface area (Å²) < 4.78 is 5.33. The molecule has 5 heteroatoms. The predicted octanol–water partition coefficient (Wildman–Crippen LogP) is 3.13. The first-order valence-corrected chi connectivity index (χ1v) is 8.99. The molecule has 2 fully saturated rings. The van der Waals surface area contributed by atoms with Crippen LogP contribution < -0.4 is 11.1 Å². The molecule has 0 aromatic carbocycles. The molecule has 4 nitrogen and oxygen atoms in total. The van der Waals surface area contributed by atoms with Gasteiger partial charge in [0.2, 0.25) is 5.91 Å². The average Bonchev–Trinajstić information content (AvgIpc) is 2.52. The van der Waals surface area contributed by atoms with Gasteiger partial charge in [0.1, 0.15) is 0 Å². The highest BCUT2D eigenvalue weighted by molar-refractivity contribution is 5.85. The Morgan fingerprint density at radius 1 is 1.13 bits per heavy atom. The van der Waals surface area contributed by atoms with Crippen molar-refractivity contribution in [3.05, 3.63) is 0 Å². The Balaban J connectivity index is 0.00000264. The zero-order valence-corrected chi connectivity index (χ0v) is 15.8. The summed E-state index contributed by atoms with van der Waals surface area (Å²) in [4.78, 5) is 12.2. The Labute approximate surface area is 147 Å². The van der Waals surface area contributed by atoms with Crippen LogP contribution in [0.5, 0.6) is 0 Å². The molecule has 1 unspecified atom stereocenters. The van der Waals surface area contributed by atoms with E-state index in [1.165, 1.54) is 25.7 Å². The lowest BCUT2D eigenvalue weighted by Gasteiger charge is -2.37. The van der Waals surface area contributed by atoms with E-state index in [4.69, 9.17) is 10.5 Å². The molecule has 1 saturated heterocycles. The maximum absolute atomic E-state index is 12.2. The van der Waals surface area contributed by atoms with Gasteiger partial charge in [0.25, 0.3) is 0 Å². The monoisotopic (exact) mass is 346 g/mol. The smallest absolute Gasteiger partial charge is 0.237 e. The number of carbonyl (C=O) groups excluding carboxylic acids is 1. The highest BCUT2D eigenvalue weighted by Gasteiger charge is 2.31. The number of rotatable bonds is 4. The van der Waals surface area contributed by atoms with Gasteiger partial charge < -0.3 is 15.8 Å². The summed E-state index contributed by atoms with van der Waals surface area (Å²) in [6, 6.07) is -0.366. The Hall–Kier alpha value is -0.320. The molecule has 0 aromatic rings. The number of ether oxygens (including phenoxy) is 1. The molecule has 0 bridgehead atoms. The minimum atomic E-state index is -0.366. The zero-order chi connectivity index (χ0) is 16.2. The third-order valence-corrected chi connectivity index (χ3v) is 5.71. The van der Waals surface area contributed by atoms with Crippen molar-refractivity contribution in [1.82, 2.24) is 5.32 Å². The van der Waals surface area contributed by atoms with Crippen LogP contribution in [0.3, 0.4) is 0 Å². The fourth-order valence-electron chi connectivity index (χ4n) is 3.88.